The Morgan fingerprint density at radius 3 is 2.67 bits per heavy atom. The Hall–Kier alpha value is -1.02. The lowest BCUT2D eigenvalue weighted by Crippen LogP contribution is -2.46. The molecule has 1 aromatic carbocycles. The minimum Gasteiger partial charge on any atom is -0.489 e. The number of ether oxygens (including phenoxy) is 1. The summed E-state index contributed by atoms with van der Waals surface area (Å²) in [6.07, 6.45) is 3.84. The number of nitrogens with one attached hydrogen (secondary N) is 1. The predicted octanol–water partition coefficient (Wildman–Crippen LogP) is 3.62. The van der Waals surface area contributed by atoms with Crippen LogP contribution in [0.4, 0.5) is 0 Å². The van der Waals surface area contributed by atoms with Gasteiger partial charge < -0.3 is 10.1 Å². The minimum absolute atomic E-state index is 0.300. The molecule has 2 atom stereocenters. The fraction of sp³-hybridized carbons (Fsp3) is 0.625. The first-order chi connectivity index (χ1) is 8.63. The molecule has 0 saturated heterocycles. The van der Waals surface area contributed by atoms with Crippen molar-refractivity contribution in [2.24, 2.45) is 5.41 Å². The smallest absolute Gasteiger partial charge is 0.119 e. The summed E-state index contributed by atoms with van der Waals surface area (Å²) in [4.78, 5) is 0. The van der Waals surface area contributed by atoms with Crippen molar-refractivity contribution in [2.45, 2.75) is 52.2 Å². The zero-order chi connectivity index (χ0) is 13.0. The Labute approximate surface area is 111 Å². The lowest BCUT2D eigenvalue weighted by molar-refractivity contribution is 0.140. The van der Waals surface area contributed by atoms with E-state index in [-0.39, 0.29) is 0 Å². The second-order valence-corrected chi connectivity index (χ2v) is 5.93. The number of hydrogen-bond donors (Lipinski definition) is 1. The topological polar surface area (TPSA) is 21.3 Å². The van der Waals surface area contributed by atoms with Gasteiger partial charge in [-0.1, -0.05) is 39.0 Å². The summed E-state index contributed by atoms with van der Waals surface area (Å²) in [6.45, 7) is 7.97. The second kappa shape index (κ2) is 5.75. The quantitative estimate of drug-likeness (QED) is 0.858. The molecular weight excluding hydrogens is 222 g/mol. The zero-order valence-electron chi connectivity index (χ0n) is 11.8. The molecule has 1 saturated carbocycles. The zero-order valence-corrected chi connectivity index (χ0v) is 11.8. The third-order valence-electron chi connectivity index (χ3n) is 3.93. The van der Waals surface area contributed by atoms with Gasteiger partial charge in [-0.25, -0.2) is 0 Å². The maximum absolute atomic E-state index is 6.16. The van der Waals surface area contributed by atoms with Crippen LogP contribution in [0.3, 0.4) is 0 Å². The van der Waals surface area contributed by atoms with Gasteiger partial charge in [0.2, 0.25) is 0 Å². The SMILES string of the molecule is CCCNC1C(Oc2ccccc2)CCC1(C)C. The van der Waals surface area contributed by atoms with E-state index in [0.717, 1.165) is 18.7 Å². The van der Waals surface area contributed by atoms with Gasteiger partial charge in [0.1, 0.15) is 11.9 Å². The highest BCUT2D eigenvalue weighted by atomic mass is 16.5. The Kier molecular flexibility index (Phi) is 4.28. The molecule has 2 rings (SSSR count). The van der Waals surface area contributed by atoms with Crippen LogP contribution in [-0.2, 0) is 0 Å². The third kappa shape index (κ3) is 3.05. The molecule has 0 amide bonds. The molecule has 0 aliphatic heterocycles. The van der Waals surface area contributed by atoms with Gasteiger partial charge >= 0.3 is 0 Å². The molecule has 0 bridgehead atoms. The van der Waals surface area contributed by atoms with Gasteiger partial charge in [0.05, 0.1) is 0 Å². The van der Waals surface area contributed by atoms with Gasteiger partial charge in [0.25, 0.3) is 0 Å². The van der Waals surface area contributed by atoms with Crippen molar-refractivity contribution in [2.75, 3.05) is 6.54 Å². The average Bonchev–Trinajstić information content (AvgIpc) is 2.64. The first-order valence-corrected chi connectivity index (χ1v) is 7.08. The van der Waals surface area contributed by atoms with Crippen molar-refractivity contribution in [3.63, 3.8) is 0 Å². The fourth-order valence-corrected chi connectivity index (χ4v) is 2.85. The first-order valence-electron chi connectivity index (χ1n) is 7.08. The molecule has 100 valence electrons. The lowest BCUT2D eigenvalue weighted by Gasteiger charge is -2.31. The Morgan fingerprint density at radius 1 is 1.28 bits per heavy atom. The number of hydrogen-bond acceptors (Lipinski definition) is 2. The Morgan fingerprint density at radius 2 is 2.00 bits per heavy atom. The average molecular weight is 247 g/mol. The van der Waals surface area contributed by atoms with E-state index in [2.05, 4.69) is 26.1 Å². The predicted molar refractivity (Wildman–Crippen MR) is 76.0 cm³/mol. The molecular formula is C16H25NO. The van der Waals surface area contributed by atoms with Crippen LogP contribution in [0, 0.1) is 5.41 Å². The molecule has 1 fully saturated rings. The van der Waals surface area contributed by atoms with Crippen molar-refractivity contribution in [3.8, 4) is 5.75 Å². The molecule has 0 heterocycles. The highest BCUT2D eigenvalue weighted by Gasteiger charge is 2.42. The standard InChI is InChI=1S/C16H25NO/c1-4-12-17-15-14(10-11-16(15,2)3)18-13-8-6-5-7-9-13/h5-9,14-15,17H,4,10-12H2,1-3H3. The van der Waals surface area contributed by atoms with Gasteiger partial charge in [0.15, 0.2) is 0 Å². The summed E-state index contributed by atoms with van der Waals surface area (Å²) in [5, 5.41) is 3.67. The van der Waals surface area contributed by atoms with Crippen LogP contribution in [-0.4, -0.2) is 18.7 Å². The van der Waals surface area contributed by atoms with E-state index in [0.29, 0.717) is 17.6 Å². The van der Waals surface area contributed by atoms with Crippen molar-refractivity contribution in [3.05, 3.63) is 30.3 Å². The van der Waals surface area contributed by atoms with Crippen LogP contribution in [0.2, 0.25) is 0 Å². The number of benzene rings is 1. The summed E-state index contributed by atoms with van der Waals surface area (Å²) < 4.78 is 6.16. The van der Waals surface area contributed by atoms with Crippen molar-refractivity contribution < 1.29 is 4.74 Å². The van der Waals surface area contributed by atoms with Gasteiger partial charge in [0, 0.05) is 6.04 Å². The second-order valence-electron chi connectivity index (χ2n) is 5.93. The summed E-state index contributed by atoms with van der Waals surface area (Å²) >= 11 is 0. The van der Waals surface area contributed by atoms with Gasteiger partial charge in [-0.2, -0.15) is 0 Å². The summed E-state index contributed by atoms with van der Waals surface area (Å²) in [6, 6.07) is 10.6. The van der Waals surface area contributed by atoms with E-state index < -0.39 is 0 Å². The molecule has 1 aliphatic carbocycles. The molecule has 2 nitrogen and oxygen atoms in total. The third-order valence-corrected chi connectivity index (χ3v) is 3.93. The van der Waals surface area contributed by atoms with Crippen LogP contribution in [0.1, 0.15) is 40.0 Å². The number of para-hydroxylation sites is 1. The summed E-state index contributed by atoms with van der Waals surface area (Å²) in [5.74, 6) is 0.989. The summed E-state index contributed by atoms with van der Waals surface area (Å²) in [7, 11) is 0. The molecule has 2 unspecified atom stereocenters. The first kappa shape index (κ1) is 13.4. The Bertz CT molecular complexity index is 361. The molecule has 1 aliphatic rings. The highest BCUT2D eigenvalue weighted by molar-refractivity contribution is 5.22. The van der Waals surface area contributed by atoms with E-state index in [1.807, 2.05) is 30.3 Å². The monoisotopic (exact) mass is 247 g/mol. The van der Waals surface area contributed by atoms with E-state index in [1.54, 1.807) is 0 Å². The van der Waals surface area contributed by atoms with Crippen LogP contribution in [0.5, 0.6) is 5.75 Å². The van der Waals surface area contributed by atoms with Gasteiger partial charge in [-0.3, -0.25) is 0 Å². The van der Waals surface area contributed by atoms with Crippen LogP contribution in [0.15, 0.2) is 30.3 Å². The lowest BCUT2D eigenvalue weighted by atomic mass is 9.87. The van der Waals surface area contributed by atoms with Gasteiger partial charge in [-0.15, -0.1) is 0 Å². The summed E-state index contributed by atoms with van der Waals surface area (Å²) in [5.41, 5.74) is 0.328. The normalized spacial score (nSPS) is 26.2. The van der Waals surface area contributed by atoms with Crippen molar-refractivity contribution in [1.29, 1.82) is 0 Å². The van der Waals surface area contributed by atoms with E-state index in [4.69, 9.17) is 4.74 Å². The molecule has 18 heavy (non-hydrogen) atoms. The van der Waals surface area contributed by atoms with Crippen LogP contribution in [0.25, 0.3) is 0 Å². The molecule has 1 aromatic rings. The molecule has 0 radical (unpaired) electrons. The minimum atomic E-state index is 0.300. The Balaban J connectivity index is 2.03. The highest BCUT2D eigenvalue weighted by Crippen LogP contribution is 2.39. The molecule has 0 aromatic heterocycles. The van der Waals surface area contributed by atoms with Gasteiger partial charge in [-0.05, 0) is 43.4 Å². The molecule has 1 N–H and O–H groups in total. The van der Waals surface area contributed by atoms with Crippen LogP contribution < -0.4 is 10.1 Å². The van der Waals surface area contributed by atoms with Crippen molar-refractivity contribution in [1.82, 2.24) is 5.32 Å². The van der Waals surface area contributed by atoms with E-state index in [1.165, 1.54) is 12.8 Å². The largest absolute Gasteiger partial charge is 0.489 e. The van der Waals surface area contributed by atoms with Crippen molar-refractivity contribution >= 4 is 0 Å². The van der Waals surface area contributed by atoms with Crippen LogP contribution >= 0.6 is 0 Å². The maximum atomic E-state index is 6.16. The van der Waals surface area contributed by atoms with E-state index >= 15 is 0 Å². The number of rotatable bonds is 5. The van der Waals surface area contributed by atoms with E-state index in [9.17, 15) is 0 Å². The molecule has 2 heteroatoms. The molecule has 0 spiro atoms. The fourth-order valence-electron chi connectivity index (χ4n) is 2.85. The maximum Gasteiger partial charge on any atom is 0.119 e.